The van der Waals surface area contributed by atoms with Crippen molar-refractivity contribution in [2.24, 2.45) is 0 Å². The minimum Gasteiger partial charge on any atom is -0.339 e. The van der Waals surface area contributed by atoms with Crippen molar-refractivity contribution in [2.45, 2.75) is 13.0 Å². The maximum Gasteiger partial charge on any atom is 0.0659 e. The van der Waals surface area contributed by atoms with E-state index in [1.54, 1.807) is 12.4 Å². The van der Waals surface area contributed by atoms with Crippen molar-refractivity contribution in [3.8, 4) is 11.1 Å². The summed E-state index contributed by atoms with van der Waals surface area (Å²) in [5.74, 6) is 0. The number of aromatic nitrogens is 4. The smallest absolute Gasteiger partial charge is 0.0659 e. The number of anilines is 2. The van der Waals surface area contributed by atoms with Gasteiger partial charge in [-0.1, -0.05) is 54.6 Å². The van der Waals surface area contributed by atoms with Gasteiger partial charge in [0.1, 0.15) is 0 Å². The molecule has 5 heteroatoms. The van der Waals surface area contributed by atoms with Gasteiger partial charge in [0.05, 0.1) is 36.5 Å². The van der Waals surface area contributed by atoms with Crippen LogP contribution in [0.1, 0.15) is 11.1 Å². The van der Waals surface area contributed by atoms with E-state index in [1.807, 2.05) is 41.5 Å². The Labute approximate surface area is 194 Å². The molecular weight excluding hydrogens is 406 g/mol. The van der Waals surface area contributed by atoms with Crippen molar-refractivity contribution >= 4 is 11.4 Å². The van der Waals surface area contributed by atoms with E-state index >= 15 is 0 Å². The highest BCUT2D eigenvalue weighted by Gasteiger charge is 2.13. The molecule has 3 heterocycles. The first-order chi connectivity index (χ1) is 16.4. The van der Waals surface area contributed by atoms with Gasteiger partial charge in [-0.25, -0.2) is 0 Å². The van der Waals surface area contributed by atoms with Gasteiger partial charge in [0.15, 0.2) is 0 Å². The van der Waals surface area contributed by atoms with Crippen molar-refractivity contribution in [2.75, 3.05) is 11.4 Å². The third-order valence-electron chi connectivity index (χ3n) is 5.67. The fourth-order valence-corrected chi connectivity index (χ4v) is 4.05. The van der Waals surface area contributed by atoms with Crippen LogP contribution in [0, 0.1) is 0 Å². The summed E-state index contributed by atoms with van der Waals surface area (Å²) in [5, 5.41) is 4.61. The molecular formula is C28H25N5. The second-order valence-corrected chi connectivity index (χ2v) is 7.89. The zero-order valence-corrected chi connectivity index (χ0v) is 18.3. The first-order valence-electron chi connectivity index (χ1n) is 11.1. The summed E-state index contributed by atoms with van der Waals surface area (Å²) in [7, 11) is 0. The second-order valence-electron chi connectivity index (χ2n) is 7.89. The van der Waals surface area contributed by atoms with Crippen LogP contribution in [-0.2, 0) is 13.0 Å². The Kier molecular flexibility index (Phi) is 6.20. The van der Waals surface area contributed by atoms with Crippen LogP contribution in [0.3, 0.4) is 0 Å². The van der Waals surface area contributed by atoms with E-state index in [9.17, 15) is 0 Å². The number of pyridine rings is 2. The van der Waals surface area contributed by atoms with Crippen molar-refractivity contribution in [1.82, 2.24) is 19.7 Å². The second kappa shape index (κ2) is 9.92. The van der Waals surface area contributed by atoms with E-state index in [4.69, 9.17) is 0 Å². The summed E-state index contributed by atoms with van der Waals surface area (Å²) in [6.45, 7) is 1.57. The topological polar surface area (TPSA) is 46.8 Å². The average molecular weight is 432 g/mol. The van der Waals surface area contributed by atoms with E-state index in [2.05, 4.69) is 86.8 Å². The molecule has 0 aliphatic rings. The minimum atomic E-state index is 0.763. The molecule has 0 fully saturated rings. The summed E-state index contributed by atoms with van der Waals surface area (Å²) in [6.07, 6.45) is 12.4. The van der Waals surface area contributed by atoms with Gasteiger partial charge in [-0.15, -0.1) is 0 Å². The van der Waals surface area contributed by atoms with Crippen molar-refractivity contribution in [3.05, 3.63) is 127 Å². The standard InChI is InChI=1S/C28H25N5/c1-2-8-23(9-3-1)21-32-22-25(18-31-32)28-13-5-4-10-24(28)14-17-33(26-11-6-15-29-19-26)27-12-7-16-30-20-27/h1-13,15-16,18-20,22H,14,17,21H2. The predicted octanol–water partition coefficient (Wildman–Crippen LogP) is 5.77. The number of nitrogens with zero attached hydrogens (tertiary/aromatic N) is 5. The summed E-state index contributed by atoms with van der Waals surface area (Å²) in [5.41, 5.74) is 6.99. The van der Waals surface area contributed by atoms with Gasteiger partial charge in [0.2, 0.25) is 0 Å². The van der Waals surface area contributed by atoms with Crippen LogP contribution in [0.15, 0.2) is 116 Å². The van der Waals surface area contributed by atoms with Gasteiger partial charge in [-0.3, -0.25) is 14.6 Å². The molecule has 33 heavy (non-hydrogen) atoms. The lowest BCUT2D eigenvalue weighted by atomic mass is 10.00. The molecule has 0 amide bonds. The zero-order chi connectivity index (χ0) is 22.3. The Balaban J connectivity index is 1.38. The first-order valence-corrected chi connectivity index (χ1v) is 11.1. The Bertz CT molecular complexity index is 1240. The summed E-state index contributed by atoms with van der Waals surface area (Å²) < 4.78 is 2.00. The zero-order valence-electron chi connectivity index (χ0n) is 18.3. The largest absolute Gasteiger partial charge is 0.339 e. The molecule has 3 aromatic heterocycles. The molecule has 0 aliphatic carbocycles. The van der Waals surface area contributed by atoms with Crippen LogP contribution in [0.25, 0.3) is 11.1 Å². The van der Waals surface area contributed by atoms with Crippen LogP contribution >= 0.6 is 0 Å². The lowest BCUT2D eigenvalue weighted by Gasteiger charge is -2.24. The third-order valence-corrected chi connectivity index (χ3v) is 5.67. The molecule has 5 nitrogen and oxygen atoms in total. The fourth-order valence-electron chi connectivity index (χ4n) is 4.05. The third kappa shape index (κ3) is 4.99. The molecule has 5 rings (SSSR count). The fraction of sp³-hybridized carbons (Fsp3) is 0.107. The highest BCUT2D eigenvalue weighted by molar-refractivity contribution is 5.67. The van der Waals surface area contributed by atoms with E-state index in [-0.39, 0.29) is 0 Å². The van der Waals surface area contributed by atoms with Crippen LogP contribution in [0.5, 0.6) is 0 Å². The molecule has 2 aromatic carbocycles. The van der Waals surface area contributed by atoms with Crippen LogP contribution < -0.4 is 4.90 Å². The van der Waals surface area contributed by atoms with Gasteiger partial charge in [0, 0.05) is 30.7 Å². The number of hydrogen-bond donors (Lipinski definition) is 0. The molecule has 0 atom stereocenters. The van der Waals surface area contributed by atoms with Gasteiger partial charge >= 0.3 is 0 Å². The predicted molar refractivity (Wildman–Crippen MR) is 132 cm³/mol. The molecule has 0 saturated carbocycles. The van der Waals surface area contributed by atoms with Crippen molar-refractivity contribution < 1.29 is 0 Å². The number of hydrogen-bond acceptors (Lipinski definition) is 4. The molecule has 5 aromatic rings. The monoisotopic (exact) mass is 431 g/mol. The average Bonchev–Trinajstić information content (AvgIpc) is 3.34. The van der Waals surface area contributed by atoms with Crippen LogP contribution in [0.2, 0.25) is 0 Å². The Morgan fingerprint density at radius 2 is 1.39 bits per heavy atom. The van der Waals surface area contributed by atoms with Gasteiger partial charge in [0.25, 0.3) is 0 Å². The molecule has 0 aliphatic heterocycles. The Hall–Kier alpha value is -4.25. The number of benzene rings is 2. The van der Waals surface area contributed by atoms with E-state index in [0.717, 1.165) is 36.4 Å². The molecule has 162 valence electrons. The van der Waals surface area contributed by atoms with Gasteiger partial charge in [-0.2, -0.15) is 5.10 Å². The maximum atomic E-state index is 4.61. The van der Waals surface area contributed by atoms with Crippen molar-refractivity contribution in [1.29, 1.82) is 0 Å². The summed E-state index contributed by atoms with van der Waals surface area (Å²) >= 11 is 0. The molecule has 0 saturated heterocycles. The SMILES string of the molecule is c1ccc(Cn2cc(-c3ccccc3CCN(c3cccnc3)c3cccnc3)cn2)cc1. The molecule has 0 spiro atoms. The van der Waals surface area contributed by atoms with E-state index in [1.165, 1.54) is 16.7 Å². The summed E-state index contributed by atoms with van der Waals surface area (Å²) in [4.78, 5) is 10.9. The Morgan fingerprint density at radius 3 is 2.09 bits per heavy atom. The maximum absolute atomic E-state index is 4.61. The quantitative estimate of drug-likeness (QED) is 0.313. The van der Waals surface area contributed by atoms with Crippen molar-refractivity contribution in [3.63, 3.8) is 0 Å². The highest BCUT2D eigenvalue weighted by atomic mass is 15.3. The number of rotatable bonds is 8. The molecule has 0 bridgehead atoms. The highest BCUT2D eigenvalue weighted by Crippen LogP contribution is 2.27. The molecule has 0 radical (unpaired) electrons. The van der Waals surface area contributed by atoms with Gasteiger partial charge in [-0.05, 0) is 47.4 Å². The van der Waals surface area contributed by atoms with Crippen LogP contribution in [-0.4, -0.2) is 26.3 Å². The van der Waals surface area contributed by atoms with E-state index in [0.29, 0.717) is 0 Å². The van der Waals surface area contributed by atoms with Crippen LogP contribution in [0.4, 0.5) is 11.4 Å². The summed E-state index contributed by atoms with van der Waals surface area (Å²) in [6, 6.07) is 27.1. The van der Waals surface area contributed by atoms with E-state index < -0.39 is 0 Å². The first kappa shape index (κ1) is 20.6. The lowest BCUT2D eigenvalue weighted by molar-refractivity contribution is 0.687. The molecule has 0 unspecified atom stereocenters. The minimum absolute atomic E-state index is 0.763. The van der Waals surface area contributed by atoms with Gasteiger partial charge < -0.3 is 4.90 Å². The molecule has 0 N–H and O–H groups in total. The Morgan fingerprint density at radius 1 is 0.697 bits per heavy atom. The lowest BCUT2D eigenvalue weighted by Crippen LogP contribution is -2.20. The normalized spacial score (nSPS) is 10.8.